The Morgan fingerprint density at radius 1 is 1.30 bits per heavy atom. The van der Waals surface area contributed by atoms with Crippen LogP contribution in [0.5, 0.6) is 0 Å². The van der Waals surface area contributed by atoms with Crippen molar-refractivity contribution in [3.63, 3.8) is 0 Å². The summed E-state index contributed by atoms with van der Waals surface area (Å²) in [5.74, 6) is -6.05. The number of hydrogen-bond acceptors (Lipinski definition) is 4. The van der Waals surface area contributed by atoms with Crippen molar-refractivity contribution in [1.82, 2.24) is 14.9 Å². The van der Waals surface area contributed by atoms with Crippen LogP contribution in [0.25, 0.3) is 0 Å². The molecule has 1 aliphatic heterocycles. The molecule has 0 unspecified atom stereocenters. The van der Waals surface area contributed by atoms with Crippen molar-refractivity contribution < 1.29 is 27.9 Å². The normalized spacial score (nSPS) is 22.9. The molecular weight excluding hydrogens is 279 g/mol. The second-order valence-electron chi connectivity index (χ2n) is 4.39. The van der Waals surface area contributed by atoms with Crippen LogP contribution in [-0.4, -0.2) is 51.1 Å². The standard InChI is InChI=1S/C11H10F3N3O3/c12-11(13,14)7-5-17(4-6(7)10(19)20)9(18)8-3-15-1-2-16-8/h1-3,6-7H,4-5H2,(H,19,20)/t6-,7-/m1/s1. The first-order valence-corrected chi connectivity index (χ1v) is 5.65. The first kappa shape index (κ1) is 14.2. The topological polar surface area (TPSA) is 83.4 Å². The number of aromatic nitrogens is 2. The molecule has 2 heterocycles. The number of carbonyl (C=O) groups excluding carboxylic acids is 1. The van der Waals surface area contributed by atoms with Crippen molar-refractivity contribution in [2.75, 3.05) is 13.1 Å². The molecule has 2 atom stereocenters. The van der Waals surface area contributed by atoms with Crippen LogP contribution in [-0.2, 0) is 4.79 Å². The number of aliphatic carboxylic acids is 1. The summed E-state index contributed by atoms with van der Waals surface area (Å²) in [6.45, 7) is -1.18. The zero-order chi connectivity index (χ0) is 14.9. The van der Waals surface area contributed by atoms with Crippen LogP contribution >= 0.6 is 0 Å². The highest BCUT2D eigenvalue weighted by atomic mass is 19.4. The van der Waals surface area contributed by atoms with E-state index in [1.807, 2.05) is 0 Å². The number of hydrogen-bond donors (Lipinski definition) is 1. The monoisotopic (exact) mass is 289 g/mol. The van der Waals surface area contributed by atoms with E-state index in [2.05, 4.69) is 9.97 Å². The van der Waals surface area contributed by atoms with Gasteiger partial charge in [0.05, 0.1) is 18.0 Å². The maximum Gasteiger partial charge on any atom is 0.394 e. The van der Waals surface area contributed by atoms with Gasteiger partial charge in [-0.3, -0.25) is 14.6 Å². The lowest BCUT2D eigenvalue weighted by atomic mass is 9.96. The van der Waals surface area contributed by atoms with Crippen molar-refractivity contribution in [2.24, 2.45) is 11.8 Å². The molecule has 0 bridgehead atoms. The van der Waals surface area contributed by atoms with Crippen LogP contribution in [0.2, 0.25) is 0 Å². The van der Waals surface area contributed by atoms with Crippen molar-refractivity contribution in [3.8, 4) is 0 Å². The first-order chi connectivity index (χ1) is 9.30. The molecule has 0 spiro atoms. The minimum atomic E-state index is -4.67. The quantitative estimate of drug-likeness (QED) is 0.871. The molecule has 1 saturated heterocycles. The van der Waals surface area contributed by atoms with E-state index in [1.165, 1.54) is 12.4 Å². The van der Waals surface area contributed by atoms with Gasteiger partial charge in [0.2, 0.25) is 0 Å². The molecule has 9 heteroatoms. The number of alkyl halides is 3. The van der Waals surface area contributed by atoms with Gasteiger partial charge in [0.25, 0.3) is 5.91 Å². The van der Waals surface area contributed by atoms with Crippen LogP contribution < -0.4 is 0 Å². The van der Waals surface area contributed by atoms with Crippen molar-refractivity contribution in [1.29, 1.82) is 0 Å². The lowest BCUT2D eigenvalue weighted by Crippen LogP contribution is -2.34. The van der Waals surface area contributed by atoms with Gasteiger partial charge in [-0.1, -0.05) is 0 Å². The Hall–Kier alpha value is -2.19. The van der Waals surface area contributed by atoms with Crippen molar-refractivity contribution in [2.45, 2.75) is 6.18 Å². The number of amides is 1. The van der Waals surface area contributed by atoms with E-state index in [0.717, 1.165) is 11.1 Å². The summed E-state index contributed by atoms with van der Waals surface area (Å²) in [4.78, 5) is 31.0. The molecule has 1 aromatic heterocycles. The van der Waals surface area contributed by atoms with E-state index in [9.17, 15) is 22.8 Å². The van der Waals surface area contributed by atoms with E-state index in [4.69, 9.17) is 5.11 Å². The second-order valence-corrected chi connectivity index (χ2v) is 4.39. The van der Waals surface area contributed by atoms with E-state index >= 15 is 0 Å². The minimum Gasteiger partial charge on any atom is -0.481 e. The van der Waals surface area contributed by atoms with Gasteiger partial charge in [-0.2, -0.15) is 13.2 Å². The van der Waals surface area contributed by atoms with Gasteiger partial charge in [-0.25, -0.2) is 4.98 Å². The molecule has 0 radical (unpaired) electrons. The molecule has 2 rings (SSSR count). The molecule has 1 amide bonds. The van der Waals surface area contributed by atoms with Crippen molar-refractivity contribution in [3.05, 3.63) is 24.3 Å². The van der Waals surface area contributed by atoms with Gasteiger partial charge < -0.3 is 10.0 Å². The molecule has 108 valence electrons. The van der Waals surface area contributed by atoms with Gasteiger partial charge in [-0.15, -0.1) is 0 Å². The summed E-state index contributed by atoms with van der Waals surface area (Å²) in [5.41, 5.74) is -0.112. The van der Waals surface area contributed by atoms with Gasteiger partial charge in [0, 0.05) is 25.5 Å². The fraction of sp³-hybridized carbons (Fsp3) is 0.455. The average Bonchev–Trinajstić information content (AvgIpc) is 2.84. The number of nitrogens with zero attached hydrogens (tertiary/aromatic N) is 3. The minimum absolute atomic E-state index is 0.112. The number of carboxylic acids is 1. The predicted octanol–water partition coefficient (Wildman–Crippen LogP) is 0.812. The van der Waals surface area contributed by atoms with Crippen LogP contribution in [0, 0.1) is 11.8 Å². The number of rotatable bonds is 2. The van der Waals surface area contributed by atoms with Gasteiger partial charge >= 0.3 is 12.1 Å². The molecule has 0 aliphatic carbocycles. The fourth-order valence-electron chi connectivity index (χ4n) is 2.12. The van der Waals surface area contributed by atoms with Gasteiger partial charge in [-0.05, 0) is 0 Å². The maximum atomic E-state index is 12.8. The molecule has 1 aliphatic rings. The highest BCUT2D eigenvalue weighted by molar-refractivity contribution is 5.92. The molecule has 6 nitrogen and oxygen atoms in total. The van der Waals surface area contributed by atoms with E-state index in [-0.39, 0.29) is 5.69 Å². The molecule has 1 N–H and O–H groups in total. The zero-order valence-electron chi connectivity index (χ0n) is 10.0. The Morgan fingerprint density at radius 2 is 2.00 bits per heavy atom. The third-order valence-corrected chi connectivity index (χ3v) is 3.13. The molecule has 0 aromatic carbocycles. The molecule has 20 heavy (non-hydrogen) atoms. The Balaban J connectivity index is 2.20. The lowest BCUT2D eigenvalue weighted by molar-refractivity contribution is -0.187. The smallest absolute Gasteiger partial charge is 0.394 e. The third kappa shape index (κ3) is 2.70. The lowest BCUT2D eigenvalue weighted by Gasteiger charge is -2.18. The SMILES string of the molecule is O=C(O)[C@@H]1CN(C(=O)c2cnccn2)C[C@H]1C(F)(F)F. The summed E-state index contributed by atoms with van der Waals surface area (Å²) in [6, 6.07) is 0. The Kier molecular flexibility index (Phi) is 3.60. The Labute approximate surface area is 111 Å². The molecular formula is C11H10F3N3O3. The number of carboxylic acid groups (broad SMARTS) is 1. The third-order valence-electron chi connectivity index (χ3n) is 3.13. The first-order valence-electron chi connectivity index (χ1n) is 5.65. The highest BCUT2D eigenvalue weighted by Crippen LogP contribution is 2.38. The van der Waals surface area contributed by atoms with Crippen molar-refractivity contribution >= 4 is 11.9 Å². The average molecular weight is 289 g/mol. The summed E-state index contributed by atoms with van der Waals surface area (Å²) in [5, 5.41) is 8.85. The maximum absolute atomic E-state index is 12.8. The van der Waals surface area contributed by atoms with Gasteiger partial charge in [0.15, 0.2) is 0 Å². The molecule has 1 aromatic rings. The predicted molar refractivity (Wildman–Crippen MR) is 58.6 cm³/mol. The number of halogens is 3. The summed E-state index contributed by atoms with van der Waals surface area (Å²) < 4.78 is 38.3. The van der Waals surface area contributed by atoms with E-state index in [0.29, 0.717) is 0 Å². The van der Waals surface area contributed by atoms with E-state index in [1.54, 1.807) is 0 Å². The highest BCUT2D eigenvalue weighted by Gasteiger charge is 2.53. The van der Waals surface area contributed by atoms with Crippen LogP contribution in [0.3, 0.4) is 0 Å². The second kappa shape index (κ2) is 5.06. The van der Waals surface area contributed by atoms with Crippen LogP contribution in [0.1, 0.15) is 10.5 Å². The van der Waals surface area contributed by atoms with Crippen LogP contribution in [0.15, 0.2) is 18.6 Å². The summed E-state index contributed by atoms with van der Waals surface area (Å²) in [6.07, 6.45) is -0.988. The molecule has 0 saturated carbocycles. The largest absolute Gasteiger partial charge is 0.481 e. The Morgan fingerprint density at radius 3 is 2.45 bits per heavy atom. The van der Waals surface area contributed by atoms with E-state index < -0.39 is 43.0 Å². The summed E-state index contributed by atoms with van der Waals surface area (Å²) >= 11 is 0. The number of carbonyl (C=O) groups is 2. The zero-order valence-corrected chi connectivity index (χ0v) is 10.0. The van der Waals surface area contributed by atoms with Gasteiger partial charge in [0.1, 0.15) is 5.69 Å². The summed E-state index contributed by atoms with van der Waals surface area (Å²) in [7, 11) is 0. The molecule has 1 fully saturated rings. The Bertz CT molecular complexity index is 521. The number of likely N-dealkylation sites (tertiary alicyclic amines) is 1. The fourth-order valence-corrected chi connectivity index (χ4v) is 2.12. The van der Waals surface area contributed by atoms with Crippen LogP contribution in [0.4, 0.5) is 13.2 Å².